The first-order valence-electron chi connectivity index (χ1n) is 8.18. The summed E-state index contributed by atoms with van der Waals surface area (Å²) in [7, 11) is -3.61. The van der Waals surface area contributed by atoms with Crippen molar-refractivity contribution in [1.82, 2.24) is 10.0 Å². The molecule has 3 N–H and O–H groups in total. The van der Waals surface area contributed by atoms with Gasteiger partial charge in [0.2, 0.25) is 10.0 Å². The molecule has 2 aromatic rings. The van der Waals surface area contributed by atoms with Gasteiger partial charge in [-0.05, 0) is 17.7 Å². The predicted octanol–water partition coefficient (Wildman–Crippen LogP) is 0.883. The van der Waals surface area contributed by atoms with Crippen LogP contribution in [0.15, 0.2) is 65.6 Å². The zero-order valence-corrected chi connectivity index (χ0v) is 14.5. The van der Waals surface area contributed by atoms with E-state index < -0.39 is 22.2 Å². The number of nitrogens with one attached hydrogen (secondary N) is 2. The Bertz CT molecular complexity index is 768. The van der Waals surface area contributed by atoms with E-state index in [0.717, 1.165) is 5.56 Å². The molecule has 0 aromatic heterocycles. The molecule has 6 nitrogen and oxygen atoms in total. The van der Waals surface area contributed by atoms with Gasteiger partial charge in [0, 0.05) is 13.1 Å². The average Bonchev–Trinajstić information content (AvgIpc) is 3.00. The molecule has 1 aliphatic heterocycles. The third-order valence-electron chi connectivity index (χ3n) is 4.22. The third-order valence-corrected chi connectivity index (χ3v) is 5.66. The molecule has 1 fully saturated rings. The first kappa shape index (κ1) is 18.0. The molecular weight excluding hydrogens is 340 g/mol. The van der Waals surface area contributed by atoms with Crippen LogP contribution in [0.3, 0.4) is 0 Å². The molecule has 0 saturated carbocycles. The normalized spacial score (nSPS) is 23.6. The van der Waals surface area contributed by atoms with Crippen LogP contribution in [0.25, 0.3) is 0 Å². The van der Waals surface area contributed by atoms with Gasteiger partial charge in [0.25, 0.3) is 0 Å². The summed E-state index contributed by atoms with van der Waals surface area (Å²) >= 11 is 0. The van der Waals surface area contributed by atoms with E-state index >= 15 is 0 Å². The maximum Gasteiger partial charge on any atom is 0.240 e. The lowest BCUT2D eigenvalue weighted by atomic mass is 10.1. The third kappa shape index (κ3) is 4.65. The molecule has 2 aromatic carbocycles. The number of aliphatic hydroxyl groups is 1. The summed E-state index contributed by atoms with van der Waals surface area (Å²) in [4.78, 5) is 0.196. The summed E-state index contributed by atoms with van der Waals surface area (Å²) in [6.45, 7) is 0.988. The zero-order valence-electron chi connectivity index (χ0n) is 13.7. The lowest BCUT2D eigenvalue weighted by molar-refractivity contribution is 0.0443. The van der Waals surface area contributed by atoms with Gasteiger partial charge in [-0.25, -0.2) is 13.1 Å². The Morgan fingerprint density at radius 2 is 1.68 bits per heavy atom. The van der Waals surface area contributed by atoms with Gasteiger partial charge >= 0.3 is 0 Å². The quantitative estimate of drug-likeness (QED) is 0.681. The number of rotatable bonds is 7. The highest BCUT2D eigenvalue weighted by Crippen LogP contribution is 2.16. The van der Waals surface area contributed by atoms with Gasteiger partial charge in [-0.2, -0.15) is 0 Å². The minimum absolute atomic E-state index is 0.0297. The van der Waals surface area contributed by atoms with Gasteiger partial charge in [-0.15, -0.1) is 0 Å². The Kier molecular flexibility index (Phi) is 5.82. The van der Waals surface area contributed by atoms with E-state index in [4.69, 9.17) is 4.74 Å². The van der Waals surface area contributed by atoms with Crippen LogP contribution in [0.2, 0.25) is 0 Å². The van der Waals surface area contributed by atoms with Crippen LogP contribution in [0.4, 0.5) is 0 Å². The summed E-state index contributed by atoms with van der Waals surface area (Å²) in [5.74, 6) is 0. The minimum atomic E-state index is -3.61. The van der Waals surface area contributed by atoms with Crippen LogP contribution in [0.1, 0.15) is 5.56 Å². The first-order valence-corrected chi connectivity index (χ1v) is 9.66. The molecule has 1 heterocycles. The largest absolute Gasteiger partial charge is 0.389 e. The Morgan fingerprint density at radius 1 is 1.04 bits per heavy atom. The van der Waals surface area contributed by atoms with E-state index in [0.29, 0.717) is 13.2 Å². The number of hydrogen-bond donors (Lipinski definition) is 3. The molecule has 1 aliphatic rings. The van der Waals surface area contributed by atoms with Crippen molar-refractivity contribution in [3.63, 3.8) is 0 Å². The Balaban J connectivity index is 1.51. The molecule has 25 heavy (non-hydrogen) atoms. The van der Waals surface area contributed by atoms with E-state index in [-0.39, 0.29) is 17.5 Å². The Hall–Kier alpha value is -1.77. The van der Waals surface area contributed by atoms with Crippen molar-refractivity contribution in [2.75, 3.05) is 13.2 Å². The molecule has 0 radical (unpaired) electrons. The lowest BCUT2D eigenvalue weighted by Crippen LogP contribution is -2.44. The monoisotopic (exact) mass is 362 g/mol. The van der Waals surface area contributed by atoms with Crippen LogP contribution in [-0.2, 0) is 21.3 Å². The van der Waals surface area contributed by atoms with E-state index in [2.05, 4.69) is 10.0 Å². The summed E-state index contributed by atoms with van der Waals surface area (Å²) in [6, 6.07) is 17.8. The molecule has 0 amide bonds. The van der Waals surface area contributed by atoms with Gasteiger partial charge in [0.05, 0.1) is 29.8 Å². The smallest absolute Gasteiger partial charge is 0.240 e. The van der Waals surface area contributed by atoms with Crippen molar-refractivity contribution in [3.8, 4) is 0 Å². The van der Waals surface area contributed by atoms with Crippen molar-refractivity contribution in [2.24, 2.45) is 0 Å². The van der Waals surface area contributed by atoms with E-state index in [1.807, 2.05) is 30.3 Å². The van der Waals surface area contributed by atoms with Crippen LogP contribution in [0.5, 0.6) is 0 Å². The molecule has 0 unspecified atom stereocenters. The van der Waals surface area contributed by atoms with Crippen LogP contribution < -0.4 is 10.0 Å². The second kappa shape index (κ2) is 8.07. The summed E-state index contributed by atoms with van der Waals surface area (Å²) in [5.41, 5.74) is 1.11. The molecule has 0 aliphatic carbocycles. The number of sulfonamides is 1. The SMILES string of the molecule is O=S(=O)(NC[C@H]1OC[C@@H](NCc2ccccc2)[C@@H]1O)c1ccccc1. The Labute approximate surface area is 147 Å². The van der Waals surface area contributed by atoms with E-state index in [9.17, 15) is 13.5 Å². The fourth-order valence-corrected chi connectivity index (χ4v) is 3.83. The highest BCUT2D eigenvalue weighted by Gasteiger charge is 2.36. The number of hydrogen-bond acceptors (Lipinski definition) is 5. The molecule has 134 valence electrons. The second-order valence-corrected chi connectivity index (χ2v) is 7.77. The van der Waals surface area contributed by atoms with Gasteiger partial charge in [0.1, 0.15) is 0 Å². The summed E-state index contributed by atoms with van der Waals surface area (Å²) in [5, 5.41) is 13.6. The van der Waals surface area contributed by atoms with Gasteiger partial charge in [-0.3, -0.25) is 0 Å². The molecular formula is C18H22N2O4S. The van der Waals surface area contributed by atoms with Crippen LogP contribution >= 0.6 is 0 Å². The topological polar surface area (TPSA) is 87.7 Å². The van der Waals surface area contributed by atoms with E-state index in [1.165, 1.54) is 12.1 Å². The molecule has 0 spiro atoms. The maximum absolute atomic E-state index is 12.2. The van der Waals surface area contributed by atoms with Crippen molar-refractivity contribution in [3.05, 3.63) is 66.2 Å². The maximum atomic E-state index is 12.2. The van der Waals surface area contributed by atoms with Gasteiger partial charge in [0.15, 0.2) is 0 Å². The zero-order chi connectivity index (χ0) is 17.7. The van der Waals surface area contributed by atoms with Crippen LogP contribution in [-0.4, -0.2) is 44.9 Å². The highest BCUT2D eigenvalue weighted by atomic mass is 32.2. The summed E-state index contributed by atoms with van der Waals surface area (Å²) in [6.07, 6.45) is -1.35. The molecule has 3 atom stereocenters. The van der Waals surface area contributed by atoms with Gasteiger partial charge in [-0.1, -0.05) is 48.5 Å². The minimum Gasteiger partial charge on any atom is -0.389 e. The van der Waals surface area contributed by atoms with Crippen molar-refractivity contribution in [1.29, 1.82) is 0 Å². The van der Waals surface area contributed by atoms with Crippen molar-refractivity contribution >= 4 is 10.0 Å². The fourth-order valence-electron chi connectivity index (χ4n) is 2.76. The molecule has 1 saturated heterocycles. The standard InChI is InChI=1S/C18H22N2O4S/c21-18-16(19-11-14-7-3-1-4-8-14)13-24-17(18)12-20-25(22,23)15-9-5-2-6-10-15/h1-10,16-21H,11-13H2/t16-,17-,18+/m1/s1. The van der Waals surface area contributed by atoms with E-state index in [1.54, 1.807) is 18.2 Å². The molecule has 0 bridgehead atoms. The number of benzene rings is 2. The first-order chi connectivity index (χ1) is 12.1. The lowest BCUT2D eigenvalue weighted by Gasteiger charge is -2.19. The highest BCUT2D eigenvalue weighted by molar-refractivity contribution is 7.89. The average molecular weight is 362 g/mol. The Morgan fingerprint density at radius 3 is 2.36 bits per heavy atom. The van der Waals surface area contributed by atoms with Crippen molar-refractivity contribution < 1.29 is 18.3 Å². The van der Waals surface area contributed by atoms with Gasteiger partial charge < -0.3 is 15.2 Å². The molecule has 3 rings (SSSR count). The number of aliphatic hydroxyl groups excluding tert-OH is 1. The second-order valence-electron chi connectivity index (χ2n) is 6.00. The molecule has 7 heteroatoms. The number of ether oxygens (including phenoxy) is 1. The predicted molar refractivity (Wildman–Crippen MR) is 94.4 cm³/mol. The van der Waals surface area contributed by atoms with Crippen LogP contribution in [0, 0.1) is 0 Å². The van der Waals surface area contributed by atoms with Crippen molar-refractivity contribution in [2.45, 2.75) is 29.7 Å². The summed E-state index contributed by atoms with van der Waals surface area (Å²) < 4.78 is 32.5. The fraction of sp³-hybridized carbons (Fsp3) is 0.333.